The summed E-state index contributed by atoms with van der Waals surface area (Å²) in [4.78, 5) is 37.7. The number of aryl methyl sites for hydroxylation is 1. The van der Waals surface area contributed by atoms with E-state index in [-0.39, 0.29) is 30.1 Å². The first-order valence-corrected chi connectivity index (χ1v) is 9.18. The second-order valence-electron chi connectivity index (χ2n) is 5.60. The Kier molecular flexibility index (Phi) is 5.39. The molecule has 1 aliphatic heterocycles. The number of fused-ring (bicyclic) bond motifs is 1. The van der Waals surface area contributed by atoms with Gasteiger partial charge in [0.05, 0.1) is 12.6 Å². The molecule has 2 heterocycles. The fraction of sp³-hybridized carbons (Fsp3) is 0.438. The molecule has 1 aromatic heterocycles. The topological polar surface area (TPSA) is 81.8 Å². The lowest BCUT2D eigenvalue weighted by molar-refractivity contribution is -0.141. The van der Waals surface area contributed by atoms with Crippen LogP contribution in [-0.2, 0) is 20.9 Å². The largest absolute Gasteiger partial charge is 0.468 e. The van der Waals surface area contributed by atoms with Gasteiger partial charge in [0.25, 0.3) is 0 Å². The maximum Gasteiger partial charge on any atom is 0.419 e. The first-order valence-electron chi connectivity index (χ1n) is 7.75. The molecule has 25 heavy (non-hydrogen) atoms. The average molecular weight is 385 g/mol. The molecule has 0 N–H and O–H groups in total. The van der Waals surface area contributed by atoms with Crippen LogP contribution in [-0.4, -0.2) is 52.5 Å². The third kappa shape index (κ3) is 3.85. The number of nitrogens with zero attached hydrogens (tertiary/aromatic N) is 2. The number of ether oxygens (including phenoxy) is 1. The zero-order valence-corrected chi connectivity index (χ0v) is 15.1. The number of halogens is 1. The molecule has 1 aliphatic rings. The highest BCUT2D eigenvalue weighted by Crippen LogP contribution is 2.21. The Morgan fingerprint density at radius 2 is 2.24 bits per heavy atom. The van der Waals surface area contributed by atoms with Crippen molar-refractivity contribution in [2.75, 3.05) is 26.0 Å². The minimum absolute atomic E-state index is 0.107. The summed E-state index contributed by atoms with van der Waals surface area (Å²) in [6.45, 7) is 1.11. The van der Waals surface area contributed by atoms with E-state index in [0.717, 1.165) is 0 Å². The Hall–Kier alpha value is -1.93. The number of esters is 1. The van der Waals surface area contributed by atoms with Gasteiger partial charge in [0, 0.05) is 42.9 Å². The minimum Gasteiger partial charge on any atom is -0.468 e. The molecule has 3 rings (SSSR count). The van der Waals surface area contributed by atoms with Crippen molar-refractivity contribution in [3.63, 3.8) is 0 Å². The van der Waals surface area contributed by atoms with Gasteiger partial charge in [-0.1, -0.05) is 11.6 Å². The van der Waals surface area contributed by atoms with Crippen molar-refractivity contribution in [2.24, 2.45) is 0 Å². The number of methoxy groups -OCH3 is 1. The summed E-state index contributed by atoms with van der Waals surface area (Å²) in [7, 11) is 1.34. The SMILES string of the molecule is COC(=O)[C@@H]1CN(C(=O)CCn2c(=O)oc3cc(Cl)ccc32)CCS1. The molecule has 1 saturated heterocycles. The summed E-state index contributed by atoms with van der Waals surface area (Å²) >= 11 is 7.38. The highest BCUT2D eigenvalue weighted by molar-refractivity contribution is 8.00. The van der Waals surface area contributed by atoms with Crippen LogP contribution >= 0.6 is 23.4 Å². The molecule has 0 bridgehead atoms. The Labute approximate surface area is 152 Å². The third-order valence-corrected chi connectivity index (χ3v) is 5.46. The van der Waals surface area contributed by atoms with Crippen LogP contribution in [0, 0.1) is 0 Å². The molecular weight excluding hydrogens is 368 g/mol. The lowest BCUT2D eigenvalue weighted by atomic mass is 10.3. The maximum atomic E-state index is 12.4. The van der Waals surface area contributed by atoms with Gasteiger partial charge in [-0.3, -0.25) is 14.2 Å². The van der Waals surface area contributed by atoms with Crippen LogP contribution in [0.5, 0.6) is 0 Å². The summed E-state index contributed by atoms with van der Waals surface area (Å²) < 4.78 is 11.3. The summed E-state index contributed by atoms with van der Waals surface area (Å²) in [6, 6.07) is 4.93. The summed E-state index contributed by atoms with van der Waals surface area (Å²) in [6.07, 6.45) is 0.149. The normalized spacial score (nSPS) is 17.7. The van der Waals surface area contributed by atoms with Gasteiger partial charge in [0.2, 0.25) is 5.91 Å². The van der Waals surface area contributed by atoms with E-state index in [9.17, 15) is 14.4 Å². The second kappa shape index (κ2) is 7.53. The second-order valence-corrected chi connectivity index (χ2v) is 7.35. The number of oxazole rings is 1. The van der Waals surface area contributed by atoms with Crippen LogP contribution in [0.3, 0.4) is 0 Å². The average Bonchev–Trinajstić information content (AvgIpc) is 2.93. The molecule has 9 heteroatoms. The van der Waals surface area contributed by atoms with Gasteiger partial charge in [-0.15, -0.1) is 11.8 Å². The number of amides is 1. The smallest absolute Gasteiger partial charge is 0.419 e. The monoisotopic (exact) mass is 384 g/mol. The Bertz CT molecular complexity index is 862. The number of rotatable bonds is 4. The van der Waals surface area contributed by atoms with Crippen LogP contribution in [0.2, 0.25) is 5.02 Å². The molecule has 1 amide bonds. The van der Waals surface area contributed by atoms with E-state index in [1.54, 1.807) is 23.1 Å². The van der Waals surface area contributed by atoms with Crippen molar-refractivity contribution in [3.8, 4) is 0 Å². The highest BCUT2D eigenvalue weighted by Gasteiger charge is 2.29. The standard InChI is InChI=1S/C16H17ClN2O5S/c1-23-15(21)13-9-18(6-7-25-13)14(20)4-5-19-11-3-2-10(17)8-12(11)24-16(19)22/h2-3,8,13H,4-7,9H2,1H3/t13-/m0/s1. The van der Waals surface area contributed by atoms with Crippen molar-refractivity contribution in [1.29, 1.82) is 0 Å². The molecule has 134 valence electrons. The van der Waals surface area contributed by atoms with Crippen LogP contribution in [0.4, 0.5) is 0 Å². The quantitative estimate of drug-likeness (QED) is 0.747. The van der Waals surface area contributed by atoms with Crippen LogP contribution in [0.15, 0.2) is 27.4 Å². The first-order chi connectivity index (χ1) is 12.0. The van der Waals surface area contributed by atoms with Crippen LogP contribution in [0.1, 0.15) is 6.42 Å². The molecule has 1 atom stereocenters. The number of benzene rings is 1. The molecular formula is C16H17ClN2O5S. The fourth-order valence-corrected chi connectivity index (χ4v) is 4.06. The molecule has 0 radical (unpaired) electrons. The predicted octanol–water partition coefficient (Wildman–Crippen LogP) is 1.75. The Morgan fingerprint density at radius 1 is 1.44 bits per heavy atom. The minimum atomic E-state index is -0.522. The third-order valence-electron chi connectivity index (χ3n) is 4.06. The van der Waals surface area contributed by atoms with Gasteiger partial charge in [0.15, 0.2) is 5.58 Å². The van der Waals surface area contributed by atoms with Gasteiger partial charge in [-0.25, -0.2) is 4.79 Å². The van der Waals surface area contributed by atoms with Crippen molar-refractivity contribution in [3.05, 3.63) is 33.8 Å². The molecule has 1 aromatic carbocycles. The summed E-state index contributed by atoms with van der Waals surface area (Å²) in [5, 5.41) is 0.117. The van der Waals surface area contributed by atoms with E-state index in [4.69, 9.17) is 20.8 Å². The molecule has 1 fully saturated rings. The molecule has 2 aromatic rings. The van der Waals surface area contributed by atoms with Crippen LogP contribution < -0.4 is 5.76 Å². The van der Waals surface area contributed by atoms with Gasteiger partial charge in [-0.05, 0) is 12.1 Å². The van der Waals surface area contributed by atoms with Gasteiger partial charge < -0.3 is 14.1 Å². The van der Waals surface area contributed by atoms with Gasteiger partial charge >= 0.3 is 11.7 Å². The number of hydrogen-bond donors (Lipinski definition) is 0. The van der Waals surface area contributed by atoms with Crippen molar-refractivity contribution in [1.82, 2.24) is 9.47 Å². The van der Waals surface area contributed by atoms with E-state index in [1.807, 2.05) is 0 Å². The zero-order chi connectivity index (χ0) is 18.0. The van der Waals surface area contributed by atoms with Gasteiger partial charge in [-0.2, -0.15) is 0 Å². The van der Waals surface area contributed by atoms with Crippen molar-refractivity contribution in [2.45, 2.75) is 18.2 Å². The van der Waals surface area contributed by atoms with Crippen LogP contribution in [0.25, 0.3) is 11.1 Å². The van der Waals surface area contributed by atoms with Crippen molar-refractivity contribution < 1.29 is 18.7 Å². The molecule has 0 saturated carbocycles. The Balaban J connectivity index is 1.67. The first kappa shape index (κ1) is 17.9. The van der Waals surface area contributed by atoms with E-state index in [1.165, 1.54) is 23.4 Å². The lowest BCUT2D eigenvalue weighted by Gasteiger charge is -2.31. The lowest BCUT2D eigenvalue weighted by Crippen LogP contribution is -2.45. The number of carbonyl (C=O) groups excluding carboxylic acids is 2. The number of carbonyl (C=O) groups is 2. The highest BCUT2D eigenvalue weighted by atomic mass is 35.5. The molecule has 7 nitrogen and oxygen atoms in total. The van der Waals surface area contributed by atoms with E-state index in [2.05, 4.69) is 0 Å². The summed E-state index contributed by atoms with van der Waals surface area (Å²) in [5.41, 5.74) is 0.994. The molecule has 0 aliphatic carbocycles. The number of thioether (sulfide) groups is 1. The van der Waals surface area contributed by atoms with E-state index >= 15 is 0 Å². The number of hydrogen-bond acceptors (Lipinski definition) is 6. The molecule has 0 unspecified atom stereocenters. The predicted molar refractivity (Wildman–Crippen MR) is 94.9 cm³/mol. The Morgan fingerprint density at radius 3 is 3.00 bits per heavy atom. The summed E-state index contributed by atoms with van der Waals surface area (Å²) in [5.74, 6) is -0.272. The van der Waals surface area contributed by atoms with Gasteiger partial charge in [0.1, 0.15) is 5.25 Å². The molecule has 0 spiro atoms. The van der Waals surface area contributed by atoms with E-state index in [0.29, 0.717) is 35.0 Å². The fourth-order valence-electron chi connectivity index (χ4n) is 2.77. The zero-order valence-electron chi connectivity index (χ0n) is 13.6. The van der Waals surface area contributed by atoms with E-state index < -0.39 is 5.76 Å². The van der Waals surface area contributed by atoms with Crippen molar-refractivity contribution >= 4 is 46.3 Å². The maximum absolute atomic E-state index is 12.4. The number of aromatic nitrogens is 1.